The van der Waals surface area contributed by atoms with Crippen LogP contribution in [0.1, 0.15) is 12.8 Å². The summed E-state index contributed by atoms with van der Waals surface area (Å²) in [6, 6.07) is 5.56. The first-order valence-electron chi connectivity index (χ1n) is 6.49. The zero-order valence-corrected chi connectivity index (χ0v) is 11.4. The van der Waals surface area contributed by atoms with E-state index in [0.29, 0.717) is 24.5 Å². The molecule has 19 heavy (non-hydrogen) atoms. The minimum Gasteiger partial charge on any atom is -0.493 e. The number of carbonyl (C=O) groups is 1. The van der Waals surface area contributed by atoms with Crippen molar-refractivity contribution in [3.63, 3.8) is 0 Å². The number of methoxy groups -OCH3 is 2. The number of amides is 1. The normalized spacial score (nSPS) is 16.7. The summed E-state index contributed by atoms with van der Waals surface area (Å²) in [7, 11) is 3.20. The molecule has 1 heterocycles. The van der Waals surface area contributed by atoms with Gasteiger partial charge in [-0.3, -0.25) is 4.79 Å². The fourth-order valence-corrected chi connectivity index (χ4v) is 2.21. The molecule has 5 heteroatoms. The van der Waals surface area contributed by atoms with Gasteiger partial charge in [0.15, 0.2) is 11.5 Å². The van der Waals surface area contributed by atoms with Crippen LogP contribution in [0.4, 0.5) is 5.69 Å². The van der Waals surface area contributed by atoms with E-state index in [0.717, 1.165) is 25.2 Å². The van der Waals surface area contributed by atoms with Gasteiger partial charge in [0.1, 0.15) is 0 Å². The Bertz CT molecular complexity index is 448. The van der Waals surface area contributed by atoms with E-state index in [4.69, 9.17) is 9.47 Å². The maximum Gasteiger partial charge on any atom is 0.227 e. The molecule has 1 amide bonds. The quantitative estimate of drug-likeness (QED) is 0.897. The van der Waals surface area contributed by atoms with Gasteiger partial charge >= 0.3 is 0 Å². The first kappa shape index (κ1) is 13.7. The molecule has 0 atom stereocenters. The van der Waals surface area contributed by atoms with Gasteiger partial charge in [-0.25, -0.2) is 0 Å². The Morgan fingerprint density at radius 3 is 2.68 bits per heavy atom. The van der Waals surface area contributed by atoms with Crippen LogP contribution in [0.3, 0.4) is 0 Å². The predicted molar refractivity (Wildman–Crippen MR) is 74.0 cm³/mol. The smallest absolute Gasteiger partial charge is 0.227 e. The van der Waals surface area contributed by atoms with Crippen LogP contribution in [0.15, 0.2) is 18.2 Å². The van der Waals surface area contributed by atoms with Crippen LogP contribution in [0.5, 0.6) is 11.5 Å². The molecule has 0 spiro atoms. The summed E-state index contributed by atoms with van der Waals surface area (Å²) >= 11 is 0. The van der Waals surface area contributed by atoms with E-state index in [1.165, 1.54) is 0 Å². The third-order valence-corrected chi connectivity index (χ3v) is 3.24. The fourth-order valence-electron chi connectivity index (χ4n) is 2.21. The molecule has 1 aromatic rings. The lowest BCUT2D eigenvalue weighted by molar-refractivity contribution is -0.118. The molecule has 0 bridgehead atoms. The van der Waals surface area contributed by atoms with Crippen molar-refractivity contribution in [1.82, 2.24) is 5.32 Å². The first-order chi connectivity index (χ1) is 9.26. The van der Waals surface area contributed by atoms with Crippen molar-refractivity contribution in [1.29, 1.82) is 0 Å². The monoisotopic (exact) mass is 264 g/mol. The van der Waals surface area contributed by atoms with E-state index in [2.05, 4.69) is 5.32 Å². The van der Waals surface area contributed by atoms with Crippen molar-refractivity contribution in [2.45, 2.75) is 12.8 Å². The van der Waals surface area contributed by atoms with Crippen LogP contribution in [0, 0.1) is 0 Å². The Balaban J connectivity index is 2.25. The molecule has 0 radical (unpaired) electrons. The van der Waals surface area contributed by atoms with E-state index in [-0.39, 0.29) is 5.91 Å². The largest absolute Gasteiger partial charge is 0.493 e. The van der Waals surface area contributed by atoms with Gasteiger partial charge in [-0.15, -0.1) is 0 Å². The number of hydrogen-bond acceptors (Lipinski definition) is 4. The SMILES string of the molecule is COc1ccc(N2CCNCCCC2=O)cc1OC. The fraction of sp³-hybridized carbons (Fsp3) is 0.500. The molecule has 0 aliphatic carbocycles. The van der Waals surface area contributed by atoms with Gasteiger partial charge in [-0.1, -0.05) is 0 Å². The lowest BCUT2D eigenvalue weighted by Crippen LogP contribution is -2.39. The number of ether oxygens (including phenoxy) is 2. The number of nitrogens with one attached hydrogen (secondary N) is 1. The van der Waals surface area contributed by atoms with Crippen LogP contribution in [0.2, 0.25) is 0 Å². The molecule has 5 nitrogen and oxygen atoms in total. The predicted octanol–water partition coefficient (Wildman–Crippen LogP) is 1.42. The summed E-state index contributed by atoms with van der Waals surface area (Å²) in [5.74, 6) is 1.47. The summed E-state index contributed by atoms with van der Waals surface area (Å²) < 4.78 is 10.5. The molecule has 1 saturated heterocycles. The Morgan fingerprint density at radius 1 is 1.16 bits per heavy atom. The lowest BCUT2D eigenvalue weighted by atomic mass is 10.2. The molecule has 0 saturated carbocycles. The van der Waals surface area contributed by atoms with Gasteiger partial charge in [-0.05, 0) is 25.1 Å². The number of carbonyl (C=O) groups excluding carboxylic acids is 1. The van der Waals surface area contributed by atoms with Crippen molar-refractivity contribution >= 4 is 11.6 Å². The topological polar surface area (TPSA) is 50.8 Å². The Hall–Kier alpha value is -1.75. The highest BCUT2D eigenvalue weighted by Crippen LogP contribution is 2.31. The highest BCUT2D eigenvalue weighted by atomic mass is 16.5. The third-order valence-electron chi connectivity index (χ3n) is 3.24. The standard InChI is InChI=1S/C14H20N2O3/c1-18-12-6-5-11(10-13(12)19-2)16-9-8-15-7-3-4-14(16)17/h5-6,10,15H,3-4,7-9H2,1-2H3. The van der Waals surface area contributed by atoms with E-state index >= 15 is 0 Å². The zero-order valence-electron chi connectivity index (χ0n) is 11.4. The number of rotatable bonds is 3. The Morgan fingerprint density at radius 2 is 1.95 bits per heavy atom. The average molecular weight is 264 g/mol. The second-order valence-corrected chi connectivity index (χ2v) is 4.44. The maximum absolute atomic E-state index is 12.1. The number of hydrogen-bond donors (Lipinski definition) is 1. The molecular weight excluding hydrogens is 244 g/mol. The van der Waals surface area contributed by atoms with Crippen molar-refractivity contribution in [3.05, 3.63) is 18.2 Å². The third kappa shape index (κ3) is 3.17. The molecule has 0 aromatic heterocycles. The highest BCUT2D eigenvalue weighted by molar-refractivity contribution is 5.93. The molecule has 0 unspecified atom stereocenters. The average Bonchev–Trinajstić information content (AvgIpc) is 2.42. The Labute approximate surface area is 113 Å². The van der Waals surface area contributed by atoms with E-state index < -0.39 is 0 Å². The van der Waals surface area contributed by atoms with Gasteiger partial charge in [0.25, 0.3) is 0 Å². The van der Waals surface area contributed by atoms with Crippen LogP contribution in [-0.2, 0) is 4.79 Å². The minimum atomic E-state index is 0.161. The lowest BCUT2D eigenvalue weighted by Gasteiger charge is -2.26. The van der Waals surface area contributed by atoms with Crippen molar-refractivity contribution in [3.8, 4) is 11.5 Å². The molecule has 2 rings (SSSR count). The molecule has 1 N–H and O–H groups in total. The van der Waals surface area contributed by atoms with Crippen molar-refractivity contribution in [2.24, 2.45) is 0 Å². The highest BCUT2D eigenvalue weighted by Gasteiger charge is 2.18. The van der Waals surface area contributed by atoms with Crippen LogP contribution in [0.25, 0.3) is 0 Å². The van der Waals surface area contributed by atoms with Crippen LogP contribution in [-0.4, -0.2) is 39.8 Å². The van der Waals surface area contributed by atoms with Crippen molar-refractivity contribution < 1.29 is 14.3 Å². The van der Waals surface area contributed by atoms with Gasteiger partial charge in [-0.2, -0.15) is 0 Å². The minimum absolute atomic E-state index is 0.161. The van der Waals surface area contributed by atoms with E-state index in [1.807, 2.05) is 18.2 Å². The maximum atomic E-state index is 12.1. The first-order valence-corrected chi connectivity index (χ1v) is 6.49. The zero-order chi connectivity index (χ0) is 13.7. The molecular formula is C14H20N2O3. The van der Waals surface area contributed by atoms with E-state index in [1.54, 1.807) is 19.1 Å². The number of anilines is 1. The number of benzene rings is 1. The molecule has 1 aliphatic heterocycles. The molecule has 104 valence electrons. The van der Waals surface area contributed by atoms with Gasteiger partial charge in [0, 0.05) is 31.3 Å². The summed E-state index contributed by atoms with van der Waals surface area (Å²) in [4.78, 5) is 13.9. The second kappa shape index (κ2) is 6.43. The van der Waals surface area contributed by atoms with E-state index in [9.17, 15) is 4.79 Å². The summed E-state index contributed by atoms with van der Waals surface area (Å²) in [6.07, 6.45) is 1.45. The number of nitrogens with zero attached hydrogens (tertiary/aromatic N) is 1. The molecule has 1 aliphatic rings. The summed E-state index contributed by atoms with van der Waals surface area (Å²) in [6.45, 7) is 2.39. The van der Waals surface area contributed by atoms with Gasteiger partial charge in [0.05, 0.1) is 14.2 Å². The summed E-state index contributed by atoms with van der Waals surface area (Å²) in [5.41, 5.74) is 0.853. The molecule has 1 aromatic carbocycles. The van der Waals surface area contributed by atoms with Crippen LogP contribution < -0.4 is 19.7 Å². The van der Waals surface area contributed by atoms with Crippen LogP contribution >= 0.6 is 0 Å². The van der Waals surface area contributed by atoms with Gasteiger partial charge in [0.2, 0.25) is 5.91 Å². The second-order valence-electron chi connectivity index (χ2n) is 4.44. The summed E-state index contributed by atoms with van der Waals surface area (Å²) in [5, 5.41) is 3.31. The Kier molecular flexibility index (Phi) is 4.63. The van der Waals surface area contributed by atoms with Gasteiger partial charge < -0.3 is 19.7 Å². The molecule has 1 fully saturated rings. The van der Waals surface area contributed by atoms with Crippen molar-refractivity contribution in [2.75, 3.05) is 38.8 Å².